The zero-order valence-electron chi connectivity index (χ0n) is 9.16. The van der Waals surface area contributed by atoms with Crippen LogP contribution >= 0.6 is 12.2 Å². The largest absolute Gasteiger partial charge is 0.545 e. The van der Waals surface area contributed by atoms with Gasteiger partial charge in [-0.15, -0.1) is 0 Å². The second-order valence-corrected chi connectivity index (χ2v) is 3.71. The quantitative estimate of drug-likeness (QED) is 0.756. The van der Waals surface area contributed by atoms with Crippen molar-refractivity contribution in [3.05, 3.63) is 29.3 Å². The van der Waals surface area contributed by atoms with E-state index in [1.165, 1.54) is 12.1 Å². The maximum absolute atomic E-state index is 10.7. The fourth-order valence-corrected chi connectivity index (χ4v) is 1.47. The van der Waals surface area contributed by atoms with Crippen LogP contribution < -0.4 is 15.7 Å². The third kappa shape index (κ3) is 3.20. The number of carboxylic acid groups (broad SMARTS) is 1. The lowest BCUT2D eigenvalue weighted by Crippen LogP contribution is -2.28. The molecule has 0 heterocycles. The first-order valence-corrected chi connectivity index (χ1v) is 5.32. The number of hydrogen-bond acceptors (Lipinski definition) is 3. The minimum atomic E-state index is -1.20. The number of rotatable bonds is 3. The molecular weight excluding hydrogens is 224 g/mol. The number of thiocarbonyl (C=S) groups is 1. The van der Waals surface area contributed by atoms with Crippen molar-refractivity contribution in [3.63, 3.8) is 0 Å². The van der Waals surface area contributed by atoms with Crippen LogP contribution in [0.25, 0.3) is 0 Å². The van der Waals surface area contributed by atoms with Crippen LogP contribution in [0.5, 0.6) is 0 Å². The van der Waals surface area contributed by atoms with Crippen LogP contribution in [0.4, 0.5) is 5.69 Å². The highest BCUT2D eigenvalue weighted by Gasteiger charge is 2.02. The number of carbonyl (C=O) groups excluding carboxylic acids is 1. The summed E-state index contributed by atoms with van der Waals surface area (Å²) in [6, 6.07) is 4.72. The molecule has 0 aliphatic heterocycles. The Kier molecular flexibility index (Phi) is 4.25. The second-order valence-electron chi connectivity index (χ2n) is 3.30. The molecule has 1 aromatic rings. The molecule has 1 rings (SSSR count). The number of hydrogen-bond donors (Lipinski definition) is 2. The first kappa shape index (κ1) is 12.4. The van der Waals surface area contributed by atoms with Crippen LogP contribution in [0.2, 0.25) is 0 Å². The Labute approximate surface area is 99.7 Å². The van der Waals surface area contributed by atoms with Crippen LogP contribution in [0.15, 0.2) is 18.2 Å². The molecule has 0 fully saturated rings. The molecule has 0 aromatic heterocycles. The molecule has 4 nitrogen and oxygen atoms in total. The molecule has 0 spiro atoms. The summed E-state index contributed by atoms with van der Waals surface area (Å²) in [5.74, 6) is -1.20. The van der Waals surface area contributed by atoms with Crippen LogP contribution in [-0.2, 0) is 0 Å². The minimum absolute atomic E-state index is 0.132. The van der Waals surface area contributed by atoms with E-state index in [0.717, 1.165) is 5.56 Å². The lowest BCUT2D eigenvalue weighted by Gasteiger charge is -2.13. The summed E-state index contributed by atoms with van der Waals surface area (Å²) in [6.07, 6.45) is 0. The minimum Gasteiger partial charge on any atom is -0.545 e. The molecule has 0 amide bonds. The van der Waals surface area contributed by atoms with Crippen molar-refractivity contribution in [3.8, 4) is 0 Å². The summed E-state index contributed by atoms with van der Waals surface area (Å²) in [5.41, 5.74) is 1.73. The molecule has 86 valence electrons. The SMILES string of the molecule is CCNC(=S)Nc1cc(C(=O)[O-])ccc1C. The summed E-state index contributed by atoms with van der Waals surface area (Å²) >= 11 is 5.02. The summed E-state index contributed by atoms with van der Waals surface area (Å²) in [7, 11) is 0. The van der Waals surface area contributed by atoms with Crippen molar-refractivity contribution in [2.45, 2.75) is 13.8 Å². The van der Waals surface area contributed by atoms with Crippen molar-refractivity contribution in [2.75, 3.05) is 11.9 Å². The highest BCUT2D eigenvalue weighted by atomic mass is 32.1. The topological polar surface area (TPSA) is 64.2 Å². The van der Waals surface area contributed by atoms with Gasteiger partial charge in [0.1, 0.15) is 0 Å². The predicted molar refractivity (Wildman–Crippen MR) is 65.4 cm³/mol. The van der Waals surface area contributed by atoms with E-state index in [0.29, 0.717) is 17.3 Å². The summed E-state index contributed by atoms with van der Waals surface area (Å²) < 4.78 is 0. The average molecular weight is 237 g/mol. The molecule has 0 saturated carbocycles. The summed E-state index contributed by atoms with van der Waals surface area (Å²) in [4.78, 5) is 10.7. The van der Waals surface area contributed by atoms with E-state index < -0.39 is 5.97 Å². The molecule has 1 aromatic carbocycles. The monoisotopic (exact) mass is 237 g/mol. The summed E-state index contributed by atoms with van der Waals surface area (Å²) in [6.45, 7) is 4.51. The molecular formula is C11H13N2O2S-. The van der Waals surface area contributed by atoms with E-state index in [4.69, 9.17) is 12.2 Å². The van der Waals surface area contributed by atoms with Gasteiger partial charge in [0.25, 0.3) is 0 Å². The van der Waals surface area contributed by atoms with E-state index in [-0.39, 0.29) is 5.56 Å². The molecule has 0 atom stereocenters. The van der Waals surface area contributed by atoms with Gasteiger partial charge in [0.15, 0.2) is 5.11 Å². The van der Waals surface area contributed by atoms with Crippen LogP contribution in [0.1, 0.15) is 22.8 Å². The smallest absolute Gasteiger partial charge is 0.170 e. The van der Waals surface area contributed by atoms with Gasteiger partial charge >= 0.3 is 0 Å². The van der Waals surface area contributed by atoms with Gasteiger partial charge in [-0.2, -0.15) is 0 Å². The maximum Gasteiger partial charge on any atom is 0.170 e. The second kappa shape index (κ2) is 5.46. The molecule has 16 heavy (non-hydrogen) atoms. The van der Waals surface area contributed by atoms with Crippen LogP contribution in [-0.4, -0.2) is 17.6 Å². The number of nitrogens with one attached hydrogen (secondary N) is 2. The molecule has 0 bridgehead atoms. The standard InChI is InChI=1S/C11H14N2O2S/c1-3-12-11(16)13-9-6-8(10(14)15)5-4-7(9)2/h4-6H,3H2,1-2H3,(H,14,15)(H2,12,13,16)/p-1. The molecule has 0 radical (unpaired) electrons. The highest BCUT2D eigenvalue weighted by Crippen LogP contribution is 2.16. The van der Waals surface area contributed by atoms with Crippen LogP contribution in [0.3, 0.4) is 0 Å². The molecule has 0 aliphatic rings. The van der Waals surface area contributed by atoms with Gasteiger partial charge in [-0.1, -0.05) is 12.1 Å². The predicted octanol–water partition coefficient (Wildman–Crippen LogP) is 0.665. The van der Waals surface area contributed by atoms with E-state index in [2.05, 4.69) is 10.6 Å². The average Bonchev–Trinajstić information content (AvgIpc) is 2.21. The Balaban J connectivity index is 2.90. The first-order valence-electron chi connectivity index (χ1n) is 4.91. The summed E-state index contributed by atoms with van der Waals surface area (Å²) in [5, 5.41) is 17.0. The lowest BCUT2D eigenvalue weighted by molar-refractivity contribution is -0.255. The van der Waals surface area contributed by atoms with E-state index in [1.54, 1.807) is 6.07 Å². The first-order chi connectivity index (χ1) is 7.54. The van der Waals surface area contributed by atoms with Crippen molar-refractivity contribution in [2.24, 2.45) is 0 Å². The third-order valence-electron chi connectivity index (χ3n) is 2.06. The molecule has 0 saturated heterocycles. The van der Waals surface area contributed by atoms with E-state index >= 15 is 0 Å². The Morgan fingerprint density at radius 1 is 1.50 bits per heavy atom. The molecule has 2 N–H and O–H groups in total. The lowest BCUT2D eigenvalue weighted by atomic mass is 10.1. The van der Waals surface area contributed by atoms with Gasteiger partial charge in [-0.05, 0) is 43.3 Å². The number of carbonyl (C=O) groups is 1. The number of anilines is 1. The maximum atomic E-state index is 10.7. The Morgan fingerprint density at radius 3 is 2.75 bits per heavy atom. The third-order valence-corrected chi connectivity index (χ3v) is 2.31. The van der Waals surface area contributed by atoms with Crippen LogP contribution in [0, 0.1) is 6.92 Å². The molecule has 0 aliphatic carbocycles. The zero-order valence-corrected chi connectivity index (χ0v) is 9.98. The van der Waals surface area contributed by atoms with E-state index in [1.807, 2.05) is 13.8 Å². The normalized spacial score (nSPS) is 9.62. The van der Waals surface area contributed by atoms with Crippen molar-refractivity contribution >= 4 is 29.0 Å². The van der Waals surface area contributed by atoms with Gasteiger partial charge in [0.05, 0.1) is 5.97 Å². The number of benzene rings is 1. The van der Waals surface area contributed by atoms with Gasteiger partial charge in [-0.25, -0.2) is 0 Å². The molecule has 0 unspecified atom stereocenters. The van der Waals surface area contributed by atoms with Gasteiger partial charge in [0.2, 0.25) is 0 Å². The van der Waals surface area contributed by atoms with E-state index in [9.17, 15) is 9.90 Å². The number of carboxylic acids is 1. The van der Waals surface area contributed by atoms with Crippen molar-refractivity contribution < 1.29 is 9.90 Å². The van der Waals surface area contributed by atoms with Gasteiger partial charge in [0, 0.05) is 12.2 Å². The zero-order chi connectivity index (χ0) is 12.1. The van der Waals surface area contributed by atoms with Crippen molar-refractivity contribution in [1.82, 2.24) is 5.32 Å². The van der Waals surface area contributed by atoms with Crippen molar-refractivity contribution in [1.29, 1.82) is 0 Å². The number of aryl methyl sites for hydroxylation is 1. The number of aromatic carboxylic acids is 1. The fraction of sp³-hybridized carbons (Fsp3) is 0.273. The van der Waals surface area contributed by atoms with Gasteiger partial charge < -0.3 is 20.5 Å². The highest BCUT2D eigenvalue weighted by molar-refractivity contribution is 7.80. The Hall–Kier alpha value is -1.62. The Morgan fingerprint density at radius 2 is 2.19 bits per heavy atom. The fourth-order valence-electron chi connectivity index (χ4n) is 1.21. The van der Waals surface area contributed by atoms with Gasteiger partial charge in [-0.3, -0.25) is 0 Å². The molecule has 5 heteroatoms. The Bertz CT molecular complexity index is 418.